The number of halogens is 2. The molecule has 0 saturated carbocycles. The zero-order chi connectivity index (χ0) is 15.4. The molecule has 1 amide bonds. The maximum atomic E-state index is 13.2. The van der Waals surface area contributed by atoms with Crippen molar-refractivity contribution in [3.8, 4) is 5.75 Å². The lowest BCUT2D eigenvalue weighted by Gasteiger charge is -2.14. The van der Waals surface area contributed by atoms with Gasteiger partial charge in [0.15, 0.2) is 0 Å². The first-order chi connectivity index (χ1) is 9.95. The third-order valence-corrected chi connectivity index (χ3v) is 3.12. The summed E-state index contributed by atoms with van der Waals surface area (Å²) in [6.07, 6.45) is -0.0492. The van der Waals surface area contributed by atoms with E-state index in [4.69, 9.17) is 4.74 Å². The van der Waals surface area contributed by atoms with E-state index in [1.165, 1.54) is 18.2 Å². The smallest absolute Gasteiger partial charge is 0.259 e. The Kier molecular flexibility index (Phi) is 4.96. The normalized spacial score (nSPS) is 10.5. The first-order valence-electron chi connectivity index (χ1n) is 6.49. The number of ether oxygens (including phenoxy) is 1. The van der Waals surface area contributed by atoms with Crippen LogP contribution in [0.3, 0.4) is 0 Å². The van der Waals surface area contributed by atoms with Crippen LogP contribution in [0.2, 0.25) is 0 Å². The van der Waals surface area contributed by atoms with Crippen LogP contribution in [0.1, 0.15) is 24.2 Å². The molecule has 110 valence electrons. The number of carbonyl (C=O) groups is 1. The summed E-state index contributed by atoms with van der Waals surface area (Å²) >= 11 is 3.33. The molecule has 2 rings (SSSR count). The maximum Gasteiger partial charge on any atom is 0.259 e. The van der Waals surface area contributed by atoms with Gasteiger partial charge in [0.2, 0.25) is 0 Å². The lowest BCUT2D eigenvalue weighted by atomic mass is 10.1. The van der Waals surface area contributed by atoms with Gasteiger partial charge in [0.05, 0.1) is 11.7 Å². The van der Waals surface area contributed by atoms with Gasteiger partial charge in [0, 0.05) is 10.2 Å². The van der Waals surface area contributed by atoms with Crippen molar-refractivity contribution in [1.82, 2.24) is 0 Å². The van der Waals surface area contributed by atoms with Gasteiger partial charge in [-0.3, -0.25) is 4.79 Å². The molecule has 0 atom stereocenters. The van der Waals surface area contributed by atoms with Crippen molar-refractivity contribution < 1.29 is 13.9 Å². The SMILES string of the molecule is CC(C)Oc1ccc(Br)cc1C(=O)Nc1cccc(F)c1. The molecule has 21 heavy (non-hydrogen) atoms. The second kappa shape index (κ2) is 6.72. The highest BCUT2D eigenvalue weighted by Crippen LogP contribution is 2.25. The van der Waals surface area contributed by atoms with Crippen molar-refractivity contribution in [3.63, 3.8) is 0 Å². The fourth-order valence-electron chi connectivity index (χ4n) is 1.80. The molecule has 0 spiro atoms. The van der Waals surface area contributed by atoms with Gasteiger partial charge in [-0.05, 0) is 50.2 Å². The molecule has 1 N–H and O–H groups in total. The van der Waals surface area contributed by atoms with Crippen LogP contribution in [-0.4, -0.2) is 12.0 Å². The van der Waals surface area contributed by atoms with Crippen LogP contribution in [0.4, 0.5) is 10.1 Å². The van der Waals surface area contributed by atoms with Gasteiger partial charge < -0.3 is 10.1 Å². The van der Waals surface area contributed by atoms with Crippen LogP contribution in [0, 0.1) is 5.82 Å². The van der Waals surface area contributed by atoms with Gasteiger partial charge in [-0.2, -0.15) is 0 Å². The third-order valence-electron chi connectivity index (χ3n) is 2.63. The Morgan fingerprint density at radius 1 is 1.24 bits per heavy atom. The summed E-state index contributed by atoms with van der Waals surface area (Å²) in [5.41, 5.74) is 0.790. The number of hydrogen-bond acceptors (Lipinski definition) is 2. The Morgan fingerprint density at radius 2 is 2.00 bits per heavy atom. The Bertz CT molecular complexity index is 658. The molecule has 0 aliphatic carbocycles. The van der Waals surface area contributed by atoms with E-state index in [1.54, 1.807) is 24.3 Å². The predicted octanol–water partition coefficient (Wildman–Crippen LogP) is 4.63. The molecule has 0 saturated heterocycles. The van der Waals surface area contributed by atoms with E-state index >= 15 is 0 Å². The highest BCUT2D eigenvalue weighted by atomic mass is 79.9. The van der Waals surface area contributed by atoms with Crippen molar-refractivity contribution >= 4 is 27.5 Å². The number of rotatable bonds is 4. The molecule has 0 aliphatic heterocycles. The zero-order valence-electron chi connectivity index (χ0n) is 11.7. The van der Waals surface area contributed by atoms with Crippen molar-refractivity contribution in [3.05, 3.63) is 58.3 Å². The number of benzene rings is 2. The van der Waals surface area contributed by atoms with Crippen LogP contribution >= 0.6 is 15.9 Å². The molecule has 5 heteroatoms. The van der Waals surface area contributed by atoms with Gasteiger partial charge in [0.25, 0.3) is 5.91 Å². The summed E-state index contributed by atoms with van der Waals surface area (Å²) in [5.74, 6) is -0.264. The average molecular weight is 352 g/mol. The number of nitrogens with one attached hydrogen (secondary N) is 1. The van der Waals surface area contributed by atoms with Crippen molar-refractivity contribution in [2.24, 2.45) is 0 Å². The molecule has 0 unspecified atom stereocenters. The van der Waals surface area contributed by atoms with E-state index < -0.39 is 5.82 Å². The molecule has 0 aromatic heterocycles. The highest BCUT2D eigenvalue weighted by molar-refractivity contribution is 9.10. The summed E-state index contributed by atoms with van der Waals surface area (Å²) < 4.78 is 19.5. The fourth-order valence-corrected chi connectivity index (χ4v) is 2.16. The summed E-state index contributed by atoms with van der Waals surface area (Å²) in [6.45, 7) is 3.77. The number of amides is 1. The van der Waals surface area contributed by atoms with Crippen molar-refractivity contribution in [1.29, 1.82) is 0 Å². The number of carbonyl (C=O) groups excluding carboxylic acids is 1. The third kappa shape index (κ3) is 4.29. The summed E-state index contributed by atoms with van der Waals surface area (Å²) in [6, 6.07) is 11.0. The molecule has 0 radical (unpaired) electrons. The van der Waals surface area contributed by atoms with E-state index in [2.05, 4.69) is 21.2 Å². The van der Waals surface area contributed by atoms with Gasteiger partial charge in [-0.15, -0.1) is 0 Å². The Labute approximate surface area is 131 Å². The zero-order valence-corrected chi connectivity index (χ0v) is 13.3. The highest BCUT2D eigenvalue weighted by Gasteiger charge is 2.14. The Morgan fingerprint density at radius 3 is 2.67 bits per heavy atom. The van der Waals surface area contributed by atoms with E-state index in [0.717, 1.165) is 4.47 Å². The predicted molar refractivity (Wildman–Crippen MR) is 84.3 cm³/mol. The number of anilines is 1. The minimum atomic E-state index is -0.402. The van der Waals surface area contributed by atoms with Crippen LogP contribution in [0.25, 0.3) is 0 Å². The van der Waals surface area contributed by atoms with Gasteiger partial charge in [0.1, 0.15) is 11.6 Å². The summed E-state index contributed by atoms with van der Waals surface area (Å²) in [4.78, 5) is 12.3. The quantitative estimate of drug-likeness (QED) is 0.872. The van der Waals surface area contributed by atoms with Crippen LogP contribution < -0.4 is 10.1 Å². The number of hydrogen-bond donors (Lipinski definition) is 1. The molecule has 2 aromatic rings. The van der Waals surface area contributed by atoms with Gasteiger partial charge in [-0.25, -0.2) is 4.39 Å². The van der Waals surface area contributed by atoms with Gasteiger partial charge >= 0.3 is 0 Å². The molecular formula is C16H15BrFNO2. The topological polar surface area (TPSA) is 38.3 Å². The second-order valence-corrected chi connectivity index (χ2v) is 5.69. The minimum absolute atomic E-state index is 0.0492. The monoisotopic (exact) mass is 351 g/mol. The Hall–Kier alpha value is -1.88. The molecule has 0 bridgehead atoms. The lowest BCUT2D eigenvalue weighted by Crippen LogP contribution is -2.16. The summed E-state index contributed by atoms with van der Waals surface area (Å²) in [5, 5.41) is 2.66. The van der Waals surface area contributed by atoms with E-state index in [0.29, 0.717) is 17.0 Å². The largest absolute Gasteiger partial charge is 0.490 e. The van der Waals surface area contributed by atoms with E-state index in [-0.39, 0.29) is 12.0 Å². The molecular weight excluding hydrogens is 337 g/mol. The van der Waals surface area contributed by atoms with Gasteiger partial charge in [-0.1, -0.05) is 22.0 Å². The van der Waals surface area contributed by atoms with Crippen molar-refractivity contribution in [2.45, 2.75) is 20.0 Å². The maximum absolute atomic E-state index is 13.2. The minimum Gasteiger partial charge on any atom is -0.490 e. The average Bonchev–Trinajstić information content (AvgIpc) is 2.40. The fraction of sp³-hybridized carbons (Fsp3) is 0.188. The van der Waals surface area contributed by atoms with E-state index in [9.17, 15) is 9.18 Å². The van der Waals surface area contributed by atoms with Crippen molar-refractivity contribution in [2.75, 3.05) is 5.32 Å². The van der Waals surface area contributed by atoms with E-state index in [1.807, 2.05) is 13.8 Å². The summed E-state index contributed by atoms with van der Waals surface area (Å²) in [7, 11) is 0. The first-order valence-corrected chi connectivity index (χ1v) is 7.28. The second-order valence-electron chi connectivity index (χ2n) is 4.77. The lowest BCUT2D eigenvalue weighted by molar-refractivity contribution is 0.102. The van der Waals surface area contributed by atoms with Crippen LogP contribution in [0.5, 0.6) is 5.75 Å². The molecule has 3 nitrogen and oxygen atoms in total. The van der Waals surface area contributed by atoms with Crippen LogP contribution in [-0.2, 0) is 0 Å². The Balaban J connectivity index is 2.27. The first kappa shape index (κ1) is 15.5. The standard InChI is InChI=1S/C16H15BrFNO2/c1-10(2)21-15-7-6-11(17)8-14(15)16(20)19-13-5-3-4-12(18)9-13/h3-10H,1-2H3,(H,19,20). The molecule has 0 fully saturated rings. The molecule has 0 aliphatic rings. The molecule has 0 heterocycles. The van der Waals surface area contributed by atoms with Crippen LogP contribution in [0.15, 0.2) is 46.9 Å². The molecule has 2 aromatic carbocycles.